The molecular weight excluding hydrogens is 318 g/mol. The van der Waals surface area contributed by atoms with E-state index < -0.39 is 0 Å². The van der Waals surface area contributed by atoms with Crippen LogP contribution in [0.25, 0.3) is 11.3 Å². The van der Waals surface area contributed by atoms with E-state index in [-0.39, 0.29) is 11.8 Å². The molecule has 0 spiro atoms. The van der Waals surface area contributed by atoms with Crippen LogP contribution in [-0.2, 0) is 6.54 Å². The first-order valence-corrected chi connectivity index (χ1v) is 8.19. The van der Waals surface area contributed by atoms with Gasteiger partial charge in [0.15, 0.2) is 5.82 Å². The number of carbonyl (C=O) groups is 1. The van der Waals surface area contributed by atoms with E-state index in [1.807, 2.05) is 51.1 Å². The highest BCUT2D eigenvalue weighted by atomic mass is 16.5. The molecule has 3 rings (SSSR count). The maximum absolute atomic E-state index is 12.7. The van der Waals surface area contributed by atoms with Crippen molar-refractivity contribution < 1.29 is 13.7 Å². The van der Waals surface area contributed by atoms with Gasteiger partial charge in [-0.3, -0.25) is 4.79 Å². The zero-order valence-electron chi connectivity index (χ0n) is 14.8. The minimum absolute atomic E-state index is 0.110. The van der Waals surface area contributed by atoms with Crippen LogP contribution in [0.4, 0.5) is 0 Å². The van der Waals surface area contributed by atoms with Crippen LogP contribution in [0.1, 0.15) is 47.6 Å². The Bertz CT molecular complexity index is 879. The molecule has 0 saturated carbocycles. The summed E-state index contributed by atoms with van der Waals surface area (Å²) >= 11 is 0. The van der Waals surface area contributed by atoms with Gasteiger partial charge in [-0.15, -0.1) is 0 Å². The summed E-state index contributed by atoms with van der Waals surface area (Å²) in [6.45, 7) is 6.14. The van der Waals surface area contributed by atoms with Crippen LogP contribution in [0.3, 0.4) is 0 Å². The van der Waals surface area contributed by atoms with Crippen LogP contribution in [0.2, 0.25) is 0 Å². The highest BCUT2D eigenvalue weighted by Gasteiger charge is 2.17. The van der Waals surface area contributed by atoms with E-state index in [9.17, 15) is 4.79 Å². The van der Waals surface area contributed by atoms with E-state index >= 15 is 0 Å². The van der Waals surface area contributed by atoms with Crippen molar-refractivity contribution in [1.29, 1.82) is 0 Å². The fourth-order valence-corrected chi connectivity index (χ4v) is 2.47. The molecular formula is C19H21N3O3. The van der Waals surface area contributed by atoms with E-state index in [1.54, 1.807) is 18.0 Å². The van der Waals surface area contributed by atoms with Gasteiger partial charge in [0.1, 0.15) is 11.5 Å². The molecule has 2 aromatic heterocycles. The molecule has 1 amide bonds. The molecule has 6 nitrogen and oxygen atoms in total. The summed E-state index contributed by atoms with van der Waals surface area (Å²) in [5.74, 6) is 2.71. The van der Waals surface area contributed by atoms with Crippen molar-refractivity contribution in [2.75, 3.05) is 7.05 Å². The van der Waals surface area contributed by atoms with Gasteiger partial charge in [-0.2, -0.15) is 4.98 Å². The highest BCUT2D eigenvalue weighted by molar-refractivity contribution is 5.95. The van der Waals surface area contributed by atoms with Crippen molar-refractivity contribution >= 4 is 5.91 Å². The third-order valence-corrected chi connectivity index (χ3v) is 3.84. The van der Waals surface area contributed by atoms with E-state index in [0.29, 0.717) is 23.8 Å². The van der Waals surface area contributed by atoms with Gasteiger partial charge in [-0.1, -0.05) is 31.1 Å². The first kappa shape index (κ1) is 17.0. The highest BCUT2D eigenvalue weighted by Crippen LogP contribution is 2.23. The van der Waals surface area contributed by atoms with Crippen LogP contribution in [0.15, 0.2) is 45.3 Å². The summed E-state index contributed by atoms with van der Waals surface area (Å²) in [6, 6.07) is 11.2. The van der Waals surface area contributed by atoms with Crippen molar-refractivity contribution in [3.8, 4) is 11.3 Å². The Labute approximate surface area is 146 Å². The summed E-state index contributed by atoms with van der Waals surface area (Å²) < 4.78 is 10.8. The molecule has 0 aliphatic heterocycles. The second-order valence-corrected chi connectivity index (χ2v) is 6.36. The fourth-order valence-electron chi connectivity index (χ4n) is 2.47. The first-order chi connectivity index (χ1) is 11.9. The zero-order chi connectivity index (χ0) is 18.0. The Hall–Kier alpha value is -2.89. The number of aryl methyl sites for hydroxylation is 1. The Balaban J connectivity index is 1.75. The second-order valence-electron chi connectivity index (χ2n) is 6.36. The number of hydrogen-bond donors (Lipinski definition) is 0. The summed E-state index contributed by atoms with van der Waals surface area (Å²) in [6.07, 6.45) is 0. The molecule has 0 unspecified atom stereocenters. The standard InChI is InChI=1S/C19H21N3O3/c1-12(2)18-20-17(21-25-18)11-22(4)19(23)15-7-5-6-14(10-15)16-9-8-13(3)24-16/h5-10,12H,11H2,1-4H3. The minimum atomic E-state index is -0.110. The molecule has 0 aliphatic carbocycles. The topological polar surface area (TPSA) is 72.4 Å². The van der Waals surface area contributed by atoms with E-state index in [0.717, 1.165) is 17.1 Å². The normalized spacial score (nSPS) is 11.1. The molecule has 0 aliphatic rings. The lowest BCUT2D eigenvalue weighted by Gasteiger charge is -2.15. The SMILES string of the molecule is Cc1ccc(-c2cccc(C(=O)N(C)Cc3noc(C(C)C)n3)c2)o1. The Morgan fingerprint density at radius 3 is 2.68 bits per heavy atom. The van der Waals surface area contributed by atoms with Gasteiger partial charge in [0.05, 0.1) is 6.54 Å². The average molecular weight is 339 g/mol. The quantitative estimate of drug-likeness (QED) is 0.701. The van der Waals surface area contributed by atoms with Crippen LogP contribution in [-0.4, -0.2) is 28.0 Å². The van der Waals surface area contributed by atoms with Crippen LogP contribution in [0, 0.1) is 6.92 Å². The molecule has 0 bridgehead atoms. The Kier molecular flexibility index (Phi) is 4.70. The summed E-state index contributed by atoms with van der Waals surface area (Å²) in [4.78, 5) is 18.6. The van der Waals surface area contributed by atoms with Gasteiger partial charge in [-0.05, 0) is 31.2 Å². The average Bonchev–Trinajstić information content (AvgIpc) is 3.23. The van der Waals surface area contributed by atoms with Crippen molar-refractivity contribution in [2.45, 2.75) is 33.2 Å². The summed E-state index contributed by atoms with van der Waals surface area (Å²) in [5.41, 5.74) is 1.45. The molecule has 25 heavy (non-hydrogen) atoms. The fraction of sp³-hybridized carbons (Fsp3) is 0.316. The van der Waals surface area contributed by atoms with Crippen molar-refractivity contribution in [3.05, 3.63) is 59.4 Å². The third-order valence-electron chi connectivity index (χ3n) is 3.84. The Morgan fingerprint density at radius 2 is 2.04 bits per heavy atom. The van der Waals surface area contributed by atoms with Gasteiger partial charge in [0.25, 0.3) is 5.91 Å². The lowest BCUT2D eigenvalue weighted by Crippen LogP contribution is -2.26. The monoisotopic (exact) mass is 339 g/mol. The molecule has 3 aromatic rings. The third kappa shape index (κ3) is 3.79. The number of furan rings is 1. The van der Waals surface area contributed by atoms with Gasteiger partial charge >= 0.3 is 0 Å². The van der Waals surface area contributed by atoms with Gasteiger partial charge in [0, 0.05) is 24.1 Å². The molecule has 0 saturated heterocycles. The molecule has 0 atom stereocenters. The van der Waals surface area contributed by atoms with E-state index in [2.05, 4.69) is 10.1 Å². The van der Waals surface area contributed by atoms with E-state index in [1.165, 1.54) is 0 Å². The predicted octanol–water partition coefficient (Wildman–Crippen LogP) is 4.03. The Morgan fingerprint density at radius 1 is 1.24 bits per heavy atom. The lowest BCUT2D eigenvalue weighted by atomic mass is 10.1. The largest absolute Gasteiger partial charge is 0.461 e. The number of rotatable bonds is 5. The van der Waals surface area contributed by atoms with Crippen molar-refractivity contribution in [2.24, 2.45) is 0 Å². The van der Waals surface area contributed by atoms with Crippen molar-refractivity contribution in [3.63, 3.8) is 0 Å². The zero-order valence-corrected chi connectivity index (χ0v) is 14.8. The molecule has 6 heteroatoms. The first-order valence-electron chi connectivity index (χ1n) is 8.19. The van der Waals surface area contributed by atoms with Crippen LogP contribution < -0.4 is 0 Å². The number of carbonyl (C=O) groups excluding carboxylic acids is 1. The van der Waals surface area contributed by atoms with Gasteiger partial charge < -0.3 is 13.8 Å². The minimum Gasteiger partial charge on any atom is -0.461 e. The lowest BCUT2D eigenvalue weighted by molar-refractivity contribution is 0.0780. The number of nitrogens with zero attached hydrogens (tertiary/aromatic N) is 3. The van der Waals surface area contributed by atoms with Gasteiger partial charge in [0.2, 0.25) is 5.89 Å². The number of aromatic nitrogens is 2. The maximum atomic E-state index is 12.7. The molecule has 0 N–H and O–H groups in total. The van der Waals surface area contributed by atoms with E-state index in [4.69, 9.17) is 8.94 Å². The molecule has 130 valence electrons. The number of hydrogen-bond acceptors (Lipinski definition) is 5. The molecule has 1 aromatic carbocycles. The van der Waals surface area contributed by atoms with Crippen LogP contribution >= 0.6 is 0 Å². The predicted molar refractivity (Wildman–Crippen MR) is 93.1 cm³/mol. The molecule has 0 radical (unpaired) electrons. The van der Waals surface area contributed by atoms with Gasteiger partial charge in [-0.25, -0.2) is 0 Å². The smallest absolute Gasteiger partial charge is 0.254 e. The second kappa shape index (κ2) is 6.93. The maximum Gasteiger partial charge on any atom is 0.254 e. The number of benzene rings is 1. The van der Waals surface area contributed by atoms with Crippen LogP contribution in [0.5, 0.6) is 0 Å². The van der Waals surface area contributed by atoms with Crippen molar-refractivity contribution in [1.82, 2.24) is 15.0 Å². The molecule has 2 heterocycles. The molecule has 0 fully saturated rings. The summed E-state index contributed by atoms with van der Waals surface area (Å²) in [5, 5.41) is 3.93. The number of amides is 1. The summed E-state index contributed by atoms with van der Waals surface area (Å²) in [7, 11) is 1.72.